The first-order valence-corrected chi connectivity index (χ1v) is 5.56. The van der Waals surface area contributed by atoms with Crippen LogP contribution < -0.4 is 5.32 Å². The second-order valence-electron chi connectivity index (χ2n) is 3.27. The number of aromatic amines is 1. The van der Waals surface area contributed by atoms with E-state index in [4.69, 9.17) is 0 Å². The zero-order chi connectivity index (χ0) is 11.4. The van der Waals surface area contributed by atoms with Crippen molar-refractivity contribution >= 4 is 21.8 Å². The maximum absolute atomic E-state index is 11.7. The van der Waals surface area contributed by atoms with Gasteiger partial charge in [0.2, 0.25) is 0 Å². The Morgan fingerprint density at radius 3 is 3.06 bits per heavy atom. The van der Waals surface area contributed by atoms with E-state index < -0.39 is 0 Å². The zero-order valence-corrected chi connectivity index (χ0v) is 9.99. The van der Waals surface area contributed by atoms with Gasteiger partial charge in [-0.1, -0.05) is 22.0 Å². The molecule has 0 bridgehead atoms. The summed E-state index contributed by atoms with van der Waals surface area (Å²) in [5.74, 6) is -0.101. The quantitative estimate of drug-likeness (QED) is 0.904. The predicted octanol–water partition coefficient (Wildman–Crippen LogP) is 2.10. The number of nitrogens with zero attached hydrogens (tertiary/aromatic N) is 1. The fourth-order valence-electron chi connectivity index (χ4n) is 1.29. The van der Waals surface area contributed by atoms with Gasteiger partial charge < -0.3 is 10.3 Å². The maximum atomic E-state index is 11.7. The summed E-state index contributed by atoms with van der Waals surface area (Å²) in [4.78, 5) is 18.5. The highest BCUT2D eigenvalue weighted by molar-refractivity contribution is 9.10. The molecule has 0 unspecified atom stereocenters. The molecule has 0 aliphatic rings. The van der Waals surface area contributed by atoms with Gasteiger partial charge in [0.05, 0.1) is 18.6 Å². The van der Waals surface area contributed by atoms with E-state index in [1.165, 1.54) is 0 Å². The van der Waals surface area contributed by atoms with Crippen LogP contribution in [0.25, 0.3) is 0 Å². The number of halogens is 1. The van der Waals surface area contributed by atoms with Gasteiger partial charge in [-0.05, 0) is 18.2 Å². The lowest BCUT2D eigenvalue weighted by Gasteiger charge is -2.03. The molecule has 1 heterocycles. The minimum atomic E-state index is -0.101. The van der Waals surface area contributed by atoms with Crippen LogP contribution in [0.3, 0.4) is 0 Å². The van der Waals surface area contributed by atoms with E-state index in [-0.39, 0.29) is 5.91 Å². The molecule has 1 amide bonds. The van der Waals surface area contributed by atoms with E-state index in [1.54, 1.807) is 24.7 Å². The van der Waals surface area contributed by atoms with Crippen molar-refractivity contribution in [1.29, 1.82) is 0 Å². The number of aromatic nitrogens is 2. The molecule has 82 valence electrons. The van der Waals surface area contributed by atoms with Crippen LogP contribution in [-0.4, -0.2) is 15.9 Å². The first kappa shape index (κ1) is 10.9. The molecule has 0 atom stereocenters. The molecule has 0 saturated heterocycles. The number of rotatable bonds is 3. The van der Waals surface area contributed by atoms with Crippen LogP contribution in [0.2, 0.25) is 0 Å². The predicted molar refractivity (Wildman–Crippen MR) is 63.9 cm³/mol. The summed E-state index contributed by atoms with van der Waals surface area (Å²) >= 11 is 3.32. The van der Waals surface area contributed by atoms with E-state index in [1.807, 2.05) is 12.1 Å². The third-order valence-electron chi connectivity index (χ3n) is 2.08. The van der Waals surface area contributed by atoms with Gasteiger partial charge in [0.25, 0.3) is 5.91 Å². The monoisotopic (exact) mass is 279 g/mol. The van der Waals surface area contributed by atoms with Gasteiger partial charge in [-0.15, -0.1) is 0 Å². The average Bonchev–Trinajstić information content (AvgIpc) is 2.78. The van der Waals surface area contributed by atoms with Crippen molar-refractivity contribution in [3.63, 3.8) is 0 Å². The molecule has 4 nitrogen and oxygen atoms in total. The highest BCUT2D eigenvalue weighted by Gasteiger charge is 2.05. The van der Waals surface area contributed by atoms with Crippen molar-refractivity contribution in [2.45, 2.75) is 6.54 Å². The van der Waals surface area contributed by atoms with E-state index in [2.05, 4.69) is 31.2 Å². The number of nitrogens with one attached hydrogen (secondary N) is 2. The average molecular weight is 280 g/mol. The Bertz CT molecular complexity index is 482. The molecule has 2 N–H and O–H groups in total. The van der Waals surface area contributed by atoms with Gasteiger partial charge in [0.1, 0.15) is 0 Å². The van der Waals surface area contributed by atoms with Crippen LogP contribution in [-0.2, 0) is 6.54 Å². The number of hydrogen-bond donors (Lipinski definition) is 2. The summed E-state index contributed by atoms with van der Waals surface area (Å²) in [7, 11) is 0. The van der Waals surface area contributed by atoms with Crippen molar-refractivity contribution in [3.8, 4) is 0 Å². The second kappa shape index (κ2) is 4.94. The molecule has 0 saturated carbocycles. The molecule has 1 aromatic heterocycles. The number of H-pyrrole nitrogens is 1. The van der Waals surface area contributed by atoms with Gasteiger partial charge in [0.15, 0.2) is 0 Å². The minimum absolute atomic E-state index is 0.101. The summed E-state index contributed by atoms with van der Waals surface area (Å²) in [5.41, 5.74) is 1.51. The normalized spacial score (nSPS) is 10.1. The highest BCUT2D eigenvalue weighted by atomic mass is 79.9. The Morgan fingerprint density at radius 1 is 1.50 bits per heavy atom. The third-order valence-corrected chi connectivity index (χ3v) is 2.57. The minimum Gasteiger partial charge on any atom is -0.347 e. The van der Waals surface area contributed by atoms with Gasteiger partial charge in [-0.3, -0.25) is 4.79 Å². The van der Waals surface area contributed by atoms with Gasteiger partial charge in [-0.2, -0.15) is 0 Å². The topological polar surface area (TPSA) is 57.8 Å². The number of benzene rings is 1. The molecular formula is C11H10BrN3O. The molecule has 1 aromatic carbocycles. The molecule has 5 heteroatoms. The smallest absolute Gasteiger partial charge is 0.251 e. The number of carbonyl (C=O) groups is 1. The third kappa shape index (κ3) is 2.70. The molecule has 2 aromatic rings. The second-order valence-corrected chi connectivity index (χ2v) is 4.19. The van der Waals surface area contributed by atoms with Crippen LogP contribution >= 0.6 is 15.9 Å². The van der Waals surface area contributed by atoms with Gasteiger partial charge in [-0.25, -0.2) is 4.98 Å². The summed E-state index contributed by atoms with van der Waals surface area (Å²) in [6.07, 6.45) is 3.27. The lowest BCUT2D eigenvalue weighted by molar-refractivity contribution is 0.0950. The molecule has 0 spiro atoms. The summed E-state index contributed by atoms with van der Waals surface area (Å²) < 4.78 is 0.890. The Labute approximate surface area is 101 Å². The van der Waals surface area contributed by atoms with Crippen LogP contribution in [0, 0.1) is 0 Å². The van der Waals surface area contributed by atoms with Crippen LogP contribution in [0.15, 0.2) is 41.3 Å². The zero-order valence-electron chi connectivity index (χ0n) is 8.40. The maximum Gasteiger partial charge on any atom is 0.251 e. The molecular weight excluding hydrogens is 270 g/mol. The molecule has 16 heavy (non-hydrogen) atoms. The van der Waals surface area contributed by atoms with Crippen LogP contribution in [0.5, 0.6) is 0 Å². The van der Waals surface area contributed by atoms with E-state index in [0.29, 0.717) is 12.1 Å². The van der Waals surface area contributed by atoms with Gasteiger partial charge in [0, 0.05) is 16.2 Å². The molecule has 0 aliphatic heterocycles. The highest BCUT2D eigenvalue weighted by Crippen LogP contribution is 2.11. The van der Waals surface area contributed by atoms with Crippen molar-refractivity contribution < 1.29 is 4.79 Å². The Kier molecular flexibility index (Phi) is 3.36. The van der Waals surface area contributed by atoms with Crippen LogP contribution in [0.4, 0.5) is 0 Å². The molecule has 0 radical (unpaired) electrons. The van der Waals surface area contributed by atoms with Crippen molar-refractivity contribution in [2.24, 2.45) is 0 Å². The first-order chi connectivity index (χ1) is 7.75. The van der Waals surface area contributed by atoms with E-state index in [9.17, 15) is 4.79 Å². The van der Waals surface area contributed by atoms with Crippen molar-refractivity contribution in [1.82, 2.24) is 15.3 Å². The molecule has 2 rings (SSSR count). The lowest BCUT2D eigenvalue weighted by Crippen LogP contribution is -2.22. The first-order valence-electron chi connectivity index (χ1n) is 4.77. The van der Waals surface area contributed by atoms with Gasteiger partial charge >= 0.3 is 0 Å². The molecule has 0 fully saturated rings. The lowest BCUT2D eigenvalue weighted by atomic mass is 10.2. The summed E-state index contributed by atoms with van der Waals surface area (Å²) in [6.45, 7) is 0.450. The van der Waals surface area contributed by atoms with E-state index in [0.717, 1.165) is 10.2 Å². The van der Waals surface area contributed by atoms with Crippen molar-refractivity contribution in [2.75, 3.05) is 0 Å². The number of amides is 1. The Morgan fingerprint density at radius 2 is 2.38 bits per heavy atom. The summed E-state index contributed by atoms with van der Waals surface area (Å²) in [5, 5.41) is 2.80. The van der Waals surface area contributed by atoms with Crippen LogP contribution in [0.1, 0.15) is 16.1 Å². The number of hydrogen-bond acceptors (Lipinski definition) is 2. The Hall–Kier alpha value is -1.62. The van der Waals surface area contributed by atoms with E-state index >= 15 is 0 Å². The Balaban J connectivity index is 1.98. The standard InChI is InChI=1S/C11H10BrN3O/c12-9-3-1-2-8(4-9)11(16)14-6-10-5-13-7-15-10/h1-5,7H,6H2,(H,13,15)(H,14,16). The number of carbonyl (C=O) groups excluding carboxylic acids is 1. The SMILES string of the molecule is O=C(NCc1cnc[nH]1)c1cccc(Br)c1. The largest absolute Gasteiger partial charge is 0.347 e. The fraction of sp³-hybridized carbons (Fsp3) is 0.0909. The fourth-order valence-corrected chi connectivity index (χ4v) is 1.69. The molecule has 0 aliphatic carbocycles. The van der Waals surface area contributed by atoms with Crippen molar-refractivity contribution in [3.05, 3.63) is 52.5 Å². The summed E-state index contributed by atoms with van der Waals surface area (Å²) in [6, 6.07) is 7.26. The number of imidazole rings is 1.